The van der Waals surface area contributed by atoms with E-state index in [1.165, 1.54) is 34.2 Å². The smallest absolute Gasteiger partial charge is 0.277 e. The maximum atomic E-state index is 12.5. The van der Waals surface area contributed by atoms with Gasteiger partial charge in [0.15, 0.2) is 11.7 Å². The fraction of sp³-hybridized carbons (Fsp3) is 0.280. The molecular weight excluding hydrogens is 468 g/mol. The number of hydrogen-bond acceptors (Lipinski definition) is 8. The van der Waals surface area contributed by atoms with Crippen molar-refractivity contribution in [2.24, 2.45) is 0 Å². The zero-order valence-corrected chi connectivity index (χ0v) is 21.4. The van der Waals surface area contributed by atoms with E-state index in [-0.39, 0.29) is 12.5 Å². The molecule has 0 N–H and O–H groups in total. The number of thiazole rings is 1. The Morgan fingerprint density at radius 3 is 2.44 bits per heavy atom. The molecule has 2 aromatic carbocycles. The van der Waals surface area contributed by atoms with Crippen molar-refractivity contribution in [1.82, 2.24) is 15.2 Å². The largest absolute Gasteiger partial charge is 0.484 e. The standard InChI is InChI=1S/C25H26N4O3S2/c1-15-6-8-21(9-7-15)31-12-22-27-28-25(32-22)34-14-20-13-33-24(26-20)29(19(5)30)23-17(3)10-16(2)11-18(23)4/h6-11,13H,12,14H2,1-5H3. The number of aryl methyl sites for hydroxylation is 4. The highest BCUT2D eigenvalue weighted by atomic mass is 32.2. The quantitative estimate of drug-likeness (QED) is 0.265. The molecule has 0 aliphatic rings. The van der Waals surface area contributed by atoms with Crippen LogP contribution in [0.25, 0.3) is 0 Å². The van der Waals surface area contributed by atoms with Crippen molar-refractivity contribution < 1.29 is 13.9 Å². The van der Waals surface area contributed by atoms with Gasteiger partial charge in [-0.05, 0) is 51.0 Å². The molecule has 0 atom stereocenters. The number of aromatic nitrogens is 3. The van der Waals surface area contributed by atoms with E-state index in [0.29, 0.717) is 22.0 Å². The summed E-state index contributed by atoms with van der Waals surface area (Å²) in [4.78, 5) is 18.9. The summed E-state index contributed by atoms with van der Waals surface area (Å²) in [5.41, 5.74) is 6.16. The summed E-state index contributed by atoms with van der Waals surface area (Å²) >= 11 is 2.84. The number of amides is 1. The van der Waals surface area contributed by atoms with Gasteiger partial charge in [-0.3, -0.25) is 9.69 Å². The van der Waals surface area contributed by atoms with E-state index in [0.717, 1.165) is 28.3 Å². The number of rotatable bonds is 8. The van der Waals surface area contributed by atoms with Crippen LogP contribution in [-0.4, -0.2) is 21.1 Å². The van der Waals surface area contributed by atoms with Gasteiger partial charge in [0, 0.05) is 18.1 Å². The lowest BCUT2D eigenvalue weighted by atomic mass is 10.0. The van der Waals surface area contributed by atoms with Crippen LogP contribution in [0.1, 0.15) is 40.8 Å². The Kier molecular flexibility index (Phi) is 7.33. The number of anilines is 2. The second kappa shape index (κ2) is 10.4. The fourth-order valence-corrected chi connectivity index (χ4v) is 5.30. The summed E-state index contributed by atoms with van der Waals surface area (Å²) in [7, 11) is 0. The number of thioether (sulfide) groups is 1. The third kappa shape index (κ3) is 5.66. The van der Waals surface area contributed by atoms with Gasteiger partial charge in [-0.1, -0.05) is 47.2 Å². The summed E-state index contributed by atoms with van der Waals surface area (Å²) in [6, 6.07) is 12.0. The number of benzene rings is 2. The van der Waals surface area contributed by atoms with Crippen LogP contribution in [0.5, 0.6) is 5.75 Å². The minimum atomic E-state index is -0.0706. The van der Waals surface area contributed by atoms with Crippen LogP contribution in [0.2, 0.25) is 0 Å². The van der Waals surface area contributed by atoms with Crippen molar-refractivity contribution in [1.29, 1.82) is 0 Å². The molecule has 1 amide bonds. The molecule has 2 heterocycles. The van der Waals surface area contributed by atoms with Crippen molar-refractivity contribution >= 4 is 39.8 Å². The maximum absolute atomic E-state index is 12.5. The van der Waals surface area contributed by atoms with Gasteiger partial charge in [0.25, 0.3) is 11.1 Å². The van der Waals surface area contributed by atoms with E-state index in [2.05, 4.69) is 29.3 Å². The van der Waals surface area contributed by atoms with E-state index >= 15 is 0 Å². The van der Waals surface area contributed by atoms with Crippen LogP contribution < -0.4 is 9.64 Å². The molecular formula is C25H26N4O3S2. The molecule has 0 spiro atoms. The van der Waals surface area contributed by atoms with E-state index in [4.69, 9.17) is 14.1 Å². The molecule has 0 bridgehead atoms. The van der Waals surface area contributed by atoms with Crippen LogP contribution in [0, 0.1) is 27.7 Å². The molecule has 0 aliphatic carbocycles. The summed E-state index contributed by atoms with van der Waals surface area (Å²) in [5.74, 6) is 1.64. The summed E-state index contributed by atoms with van der Waals surface area (Å²) in [6.45, 7) is 9.89. The first-order valence-electron chi connectivity index (χ1n) is 10.8. The molecule has 0 saturated carbocycles. The summed E-state index contributed by atoms with van der Waals surface area (Å²) in [6.07, 6.45) is 0. The van der Waals surface area contributed by atoms with Crippen molar-refractivity contribution in [3.8, 4) is 5.75 Å². The predicted octanol–water partition coefficient (Wildman–Crippen LogP) is 6.32. The lowest BCUT2D eigenvalue weighted by Crippen LogP contribution is -2.24. The number of carbonyl (C=O) groups excluding carboxylic acids is 1. The molecule has 0 radical (unpaired) electrons. The third-order valence-corrected chi connectivity index (χ3v) is 6.81. The molecule has 4 aromatic rings. The van der Waals surface area contributed by atoms with Gasteiger partial charge in [0.2, 0.25) is 5.91 Å². The van der Waals surface area contributed by atoms with Gasteiger partial charge in [-0.15, -0.1) is 21.5 Å². The molecule has 0 fully saturated rings. The summed E-state index contributed by atoms with van der Waals surface area (Å²) in [5, 5.41) is 11.2. The third-order valence-electron chi connectivity index (χ3n) is 5.08. The Labute approximate surface area is 207 Å². The van der Waals surface area contributed by atoms with Gasteiger partial charge in [-0.2, -0.15) is 0 Å². The highest BCUT2D eigenvalue weighted by Crippen LogP contribution is 2.35. The molecule has 7 nitrogen and oxygen atoms in total. The van der Waals surface area contributed by atoms with E-state index in [9.17, 15) is 4.79 Å². The molecule has 176 valence electrons. The molecule has 0 unspecified atom stereocenters. The van der Waals surface area contributed by atoms with Crippen LogP contribution in [0.3, 0.4) is 0 Å². The average molecular weight is 495 g/mol. The van der Waals surface area contributed by atoms with Crippen LogP contribution >= 0.6 is 23.1 Å². The van der Waals surface area contributed by atoms with Gasteiger partial charge in [0.05, 0.1) is 11.4 Å². The van der Waals surface area contributed by atoms with Crippen molar-refractivity contribution in [3.63, 3.8) is 0 Å². The lowest BCUT2D eigenvalue weighted by molar-refractivity contribution is -0.115. The molecule has 2 aromatic heterocycles. The second-order valence-electron chi connectivity index (χ2n) is 8.08. The molecule has 0 aliphatic heterocycles. The molecule has 0 saturated heterocycles. The van der Waals surface area contributed by atoms with E-state index in [1.807, 2.05) is 50.4 Å². The first kappa shape index (κ1) is 24.0. The Balaban J connectivity index is 1.40. The number of ether oxygens (including phenoxy) is 1. The van der Waals surface area contributed by atoms with E-state index < -0.39 is 0 Å². The van der Waals surface area contributed by atoms with Crippen molar-refractivity contribution in [2.45, 2.75) is 52.2 Å². The van der Waals surface area contributed by atoms with E-state index in [1.54, 1.807) is 11.8 Å². The maximum Gasteiger partial charge on any atom is 0.277 e. The van der Waals surface area contributed by atoms with Gasteiger partial charge in [-0.25, -0.2) is 4.98 Å². The first-order valence-corrected chi connectivity index (χ1v) is 12.6. The lowest BCUT2D eigenvalue weighted by Gasteiger charge is -2.23. The SMILES string of the molecule is CC(=O)N(c1nc(CSc2nnc(COc3ccc(C)cc3)o2)cs1)c1c(C)cc(C)cc1C. The van der Waals surface area contributed by atoms with Crippen LogP contribution in [0.4, 0.5) is 10.8 Å². The van der Waals surface area contributed by atoms with Crippen molar-refractivity contribution in [3.05, 3.63) is 75.6 Å². The first-order chi connectivity index (χ1) is 16.3. The fourth-order valence-electron chi connectivity index (χ4n) is 3.65. The second-order valence-corrected chi connectivity index (χ2v) is 9.84. The van der Waals surface area contributed by atoms with Crippen LogP contribution in [-0.2, 0) is 17.2 Å². The molecule has 34 heavy (non-hydrogen) atoms. The Hall–Kier alpha value is -3.17. The zero-order valence-electron chi connectivity index (χ0n) is 19.8. The number of hydrogen-bond donors (Lipinski definition) is 0. The highest BCUT2D eigenvalue weighted by Gasteiger charge is 2.22. The van der Waals surface area contributed by atoms with Gasteiger partial charge in [0.1, 0.15) is 5.75 Å². The Morgan fingerprint density at radius 1 is 1.06 bits per heavy atom. The predicted molar refractivity (Wildman–Crippen MR) is 135 cm³/mol. The van der Waals surface area contributed by atoms with Gasteiger partial charge >= 0.3 is 0 Å². The minimum absolute atomic E-state index is 0.0706. The van der Waals surface area contributed by atoms with Crippen LogP contribution in [0.15, 0.2) is 51.4 Å². The molecule has 9 heteroatoms. The number of nitrogens with zero attached hydrogens (tertiary/aromatic N) is 4. The zero-order chi connectivity index (χ0) is 24.2. The number of carbonyl (C=O) groups is 1. The average Bonchev–Trinajstić information content (AvgIpc) is 3.43. The monoisotopic (exact) mass is 494 g/mol. The Morgan fingerprint density at radius 2 is 1.76 bits per heavy atom. The highest BCUT2D eigenvalue weighted by molar-refractivity contribution is 7.98. The topological polar surface area (TPSA) is 81.4 Å². The van der Waals surface area contributed by atoms with Gasteiger partial charge < -0.3 is 9.15 Å². The normalized spacial score (nSPS) is 11.0. The summed E-state index contributed by atoms with van der Waals surface area (Å²) < 4.78 is 11.4. The Bertz CT molecular complexity index is 1270. The molecule has 4 rings (SSSR count). The minimum Gasteiger partial charge on any atom is -0.484 e. The van der Waals surface area contributed by atoms with Crippen molar-refractivity contribution in [2.75, 3.05) is 4.90 Å².